The number of carbonyl (C=O) groups excluding carboxylic acids is 1. The van der Waals surface area contributed by atoms with Gasteiger partial charge < -0.3 is 5.32 Å². The summed E-state index contributed by atoms with van der Waals surface area (Å²) in [5.41, 5.74) is 5.20. The molecule has 5 heteroatoms. The SMILES string of the molecule is Cc1ccc(C(=O)n2c(Br)c(Br)c3c2CCNC3)c(C)c1. The standard InChI is InChI=1S/C16H16Br2N2O/c1-9-3-4-11(10(2)7-9)16(21)20-13-5-6-19-8-12(13)14(17)15(20)18/h3-4,7,19H,5-6,8H2,1-2H3. The number of nitrogens with one attached hydrogen (secondary N) is 1. The Morgan fingerprint density at radius 3 is 2.76 bits per heavy atom. The minimum Gasteiger partial charge on any atom is -0.312 e. The van der Waals surface area contributed by atoms with Gasteiger partial charge in [-0.25, -0.2) is 0 Å². The number of fused-ring (bicyclic) bond motifs is 1. The first-order valence-corrected chi connectivity index (χ1v) is 8.49. The van der Waals surface area contributed by atoms with Gasteiger partial charge in [-0.1, -0.05) is 17.7 Å². The molecule has 1 N–H and O–H groups in total. The Balaban J connectivity index is 2.14. The zero-order valence-electron chi connectivity index (χ0n) is 12.0. The van der Waals surface area contributed by atoms with Crippen LogP contribution in [0.25, 0.3) is 0 Å². The molecular formula is C16H16Br2N2O. The summed E-state index contributed by atoms with van der Waals surface area (Å²) in [6.45, 7) is 5.72. The van der Waals surface area contributed by atoms with E-state index in [0.717, 1.165) is 45.4 Å². The van der Waals surface area contributed by atoms with Gasteiger partial charge in [-0.2, -0.15) is 0 Å². The van der Waals surface area contributed by atoms with Gasteiger partial charge in [0.2, 0.25) is 0 Å². The van der Waals surface area contributed by atoms with E-state index in [0.29, 0.717) is 0 Å². The van der Waals surface area contributed by atoms with Crippen LogP contribution in [-0.4, -0.2) is 17.0 Å². The van der Waals surface area contributed by atoms with Crippen LogP contribution in [-0.2, 0) is 13.0 Å². The highest BCUT2D eigenvalue weighted by molar-refractivity contribution is 9.13. The first kappa shape index (κ1) is 15.0. The van der Waals surface area contributed by atoms with Crippen molar-refractivity contribution in [3.8, 4) is 0 Å². The van der Waals surface area contributed by atoms with Crippen molar-refractivity contribution in [2.24, 2.45) is 0 Å². The molecule has 110 valence electrons. The van der Waals surface area contributed by atoms with Crippen LogP contribution in [0, 0.1) is 13.8 Å². The Morgan fingerprint density at radius 2 is 2.05 bits per heavy atom. The van der Waals surface area contributed by atoms with E-state index in [1.54, 1.807) is 4.57 Å². The Labute approximate surface area is 141 Å². The minimum absolute atomic E-state index is 0.0308. The van der Waals surface area contributed by atoms with Crippen molar-refractivity contribution in [2.75, 3.05) is 6.54 Å². The first-order chi connectivity index (χ1) is 10.0. The summed E-state index contributed by atoms with van der Waals surface area (Å²) in [4.78, 5) is 13.0. The highest BCUT2D eigenvalue weighted by Gasteiger charge is 2.26. The molecule has 1 aromatic carbocycles. The zero-order valence-corrected chi connectivity index (χ0v) is 15.1. The van der Waals surface area contributed by atoms with Crippen LogP contribution in [0.2, 0.25) is 0 Å². The van der Waals surface area contributed by atoms with E-state index in [9.17, 15) is 4.79 Å². The molecule has 2 heterocycles. The Hall–Kier alpha value is -0.910. The maximum Gasteiger partial charge on any atom is 0.263 e. The lowest BCUT2D eigenvalue weighted by Crippen LogP contribution is -2.27. The van der Waals surface area contributed by atoms with Crippen molar-refractivity contribution in [1.29, 1.82) is 0 Å². The number of carbonyl (C=O) groups is 1. The summed E-state index contributed by atoms with van der Waals surface area (Å²) in [6, 6.07) is 5.95. The predicted octanol–water partition coefficient (Wildman–Crippen LogP) is 3.96. The molecule has 3 nitrogen and oxygen atoms in total. The Morgan fingerprint density at radius 1 is 1.29 bits per heavy atom. The second-order valence-corrected chi connectivity index (χ2v) is 6.96. The fraction of sp³-hybridized carbons (Fsp3) is 0.312. The second kappa shape index (κ2) is 5.71. The van der Waals surface area contributed by atoms with E-state index < -0.39 is 0 Å². The molecule has 1 aromatic heterocycles. The maximum absolute atomic E-state index is 13.0. The van der Waals surface area contributed by atoms with Gasteiger partial charge in [0.15, 0.2) is 0 Å². The van der Waals surface area contributed by atoms with Gasteiger partial charge in [0.25, 0.3) is 5.91 Å². The number of benzene rings is 1. The van der Waals surface area contributed by atoms with Crippen molar-refractivity contribution in [1.82, 2.24) is 9.88 Å². The first-order valence-electron chi connectivity index (χ1n) is 6.91. The third-order valence-corrected chi connectivity index (χ3v) is 6.05. The maximum atomic E-state index is 13.0. The number of nitrogens with zero attached hydrogens (tertiary/aromatic N) is 1. The van der Waals surface area contributed by atoms with E-state index >= 15 is 0 Å². The quantitative estimate of drug-likeness (QED) is 0.770. The smallest absolute Gasteiger partial charge is 0.263 e. The lowest BCUT2D eigenvalue weighted by Gasteiger charge is -2.17. The Bertz CT molecular complexity index is 734. The molecule has 1 aliphatic rings. The third kappa shape index (κ3) is 2.51. The number of aryl methyl sites for hydroxylation is 2. The molecule has 0 fully saturated rings. The highest BCUT2D eigenvalue weighted by Crippen LogP contribution is 2.35. The van der Waals surface area contributed by atoms with Gasteiger partial charge in [0, 0.05) is 36.3 Å². The molecule has 0 saturated heterocycles. The molecule has 0 atom stereocenters. The van der Waals surface area contributed by atoms with Gasteiger partial charge in [0.1, 0.15) is 4.60 Å². The van der Waals surface area contributed by atoms with Gasteiger partial charge >= 0.3 is 0 Å². The van der Waals surface area contributed by atoms with Gasteiger partial charge in [-0.05, 0) is 57.3 Å². The van der Waals surface area contributed by atoms with Crippen molar-refractivity contribution in [3.63, 3.8) is 0 Å². The van der Waals surface area contributed by atoms with Crippen LogP contribution < -0.4 is 5.32 Å². The van der Waals surface area contributed by atoms with E-state index in [1.807, 2.05) is 32.0 Å². The van der Waals surface area contributed by atoms with Crippen LogP contribution in [0.4, 0.5) is 0 Å². The van der Waals surface area contributed by atoms with Crippen molar-refractivity contribution in [3.05, 3.63) is 55.2 Å². The van der Waals surface area contributed by atoms with Crippen LogP contribution in [0.3, 0.4) is 0 Å². The van der Waals surface area contributed by atoms with Crippen molar-refractivity contribution < 1.29 is 4.79 Å². The van der Waals surface area contributed by atoms with Gasteiger partial charge in [0.05, 0.1) is 4.47 Å². The molecule has 0 unspecified atom stereocenters. The number of hydrogen-bond donors (Lipinski definition) is 1. The second-order valence-electron chi connectivity index (χ2n) is 5.42. The molecule has 0 amide bonds. The summed E-state index contributed by atoms with van der Waals surface area (Å²) in [5, 5.41) is 3.34. The molecule has 2 aromatic rings. The van der Waals surface area contributed by atoms with E-state index in [1.165, 1.54) is 11.1 Å². The summed E-state index contributed by atoms with van der Waals surface area (Å²) in [5.74, 6) is 0.0308. The monoisotopic (exact) mass is 410 g/mol. The summed E-state index contributed by atoms with van der Waals surface area (Å²) < 4.78 is 3.58. The molecule has 0 spiro atoms. The predicted molar refractivity (Wildman–Crippen MR) is 90.9 cm³/mol. The summed E-state index contributed by atoms with van der Waals surface area (Å²) in [7, 11) is 0. The number of rotatable bonds is 1. The fourth-order valence-electron chi connectivity index (χ4n) is 2.85. The largest absolute Gasteiger partial charge is 0.312 e. The zero-order chi connectivity index (χ0) is 15.1. The molecule has 3 rings (SSSR count). The van der Waals surface area contributed by atoms with E-state index in [2.05, 4.69) is 37.2 Å². The molecule has 0 aliphatic carbocycles. The molecule has 21 heavy (non-hydrogen) atoms. The van der Waals surface area contributed by atoms with E-state index in [4.69, 9.17) is 0 Å². The number of halogens is 2. The molecule has 1 aliphatic heterocycles. The van der Waals surface area contributed by atoms with E-state index in [-0.39, 0.29) is 5.91 Å². The Kier molecular flexibility index (Phi) is 4.08. The van der Waals surface area contributed by atoms with Crippen molar-refractivity contribution in [2.45, 2.75) is 26.8 Å². The molecular weight excluding hydrogens is 396 g/mol. The van der Waals surface area contributed by atoms with Gasteiger partial charge in [-0.15, -0.1) is 0 Å². The molecule has 0 radical (unpaired) electrons. The minimum atomic E-state index is 0.0308. The number of aromatic nitrogens is 1. The topological polar surface area (TPSA) is 34.0 Å². The van der Waals surface area contributed by atoms with Crippen molar-refractivity contribution >= 4 is 37.8 Å². The lowest BCUT2D eigenvalue weighted by molar-refractivity contribution is 0.0953. The summed E-state index contributed by atoms with van der Waals surface area (Å²) in [6.07, 6.45) is 0.857. The normalized spacial score (nSPS) is 14.1. The fourth-order valence-corrected chi connectivity index (χ4v) is 4.01. The molecule has 0 bridgehead atoms. The highest BCUT2D eigenvalue weighted by atomic mass is 79.9. The average molecular weight is 412 g/mol. The number of hydrogen-bond acceptors (Lipinski definition) is 2. The van der Waals surface area contributed by atoms with Gasteiger partial charge in [-0.3, -0.25) is 9.36 Å². The van der Waals surface area contributed by atoms with Crippen LogP contribution >= 0.6 is 31.9 Å². The third-order valence-electron chi connectivity index (χ3n) is 3.92. The molecule has 0 saturated carbocycles. The van der Waals surface area contributed by atoms with Crippen LogP contribution in [0.1, 0.15) is 32.7 Å². The summed E-state index contributed by atoms with van der Waals surface area (Å²) >= 11 is 7.16. The van der Waals surface area contributed by atoms with Crippen LogP contribution in [0.5, 0.6) is 0 Å². The van der Waals surface area contributed by atoms with Crippen LogP contribution in [0.15, 0.2) is 27.3 Å². The lowest BCUT2D eigenvalue weighted by atomic mass is 10.0. The average Bonchev–Trinajstić information content (AvgIpc) is 2.71.